The first-order valence-corrected chi connectivity index (χ1v) is 11.5. The Morgan fingerprint density at radius 3 is 2.59 bits per heavy atom. The van der Waals surface area contributed by atoms with Crippen LogP contribution in [0.3, 0.4) is 0 Å². The maximum Gasteiger partial charge on any atom is 0.363 e. The lowest BCUT2D eigenvalue weighted by atomic mass is 10.2. The molecule has 0 fully saturated rings. The van der Waals surface area contributed by atoms with Gasteiger partial charge in [0.15, 0.2) is 12.3 Å². The van der Waals surface area contributed by atoms with E-state index in [9.17, 15) is 19.7 Å². The predicted octanol–water partition coefficient (Wildman–Crippen LogP) is 4.74. The Balaban J connectivity index is 1.86. The number of aliphatic imine (C=N–C) groups is 1. The molecular formula is C20H13ClI2N2O7. The van der Waals surface area contributed by atoms with Gasteiger partial charge in [0.2, 0.25) is 5.90 Å². The lowest BCUT2D eigenvalue weighted by Gasteiger charge is -2.11. The van der Waals surface area contributed by atoms with Gasteiger partial charge in [-0.05, 0) is 88.0 Å². The van der Waals surface area contributed by atoms with Gasteiger partial charge in [0.05, 0.1) is 18.7 Å². The average Bonchev–Trinajstić information content (AvgIpc) is 3.08. The van der Waals surface area contributed by atoms with Gasteiger partial charge in [-0.1, -0.05) is 11.6 Å². The summed E-state index contributed by atoms with van der Waals surface area (Å²) in [5, 5.41) is 11.1. The number of benzene rings is 2. The highest BCUT2D eigenvalue weighted by Crippen LogP contribution is 2.31. The molecule has 12 heteroatoms. The second kappa shape index (κ2) is 10.6. The van der Waals surface area contributed by atoms with Crippen molar-refractivity contribution in [2.75, 3.05) is 13.2 Å². The van der Waals surface area contributed by atoms with E-state index in [1.165, 1.54) is 24.3 Å². The molecule has 0 amide bonds. The summed E-state index contributed by atoms with van der Waals surface area (Å²) in [5.74, 6) is -0.693. The molecule has 0 saturated heterocycles. The van der Waals surface area contributed by atoms with Crippen molar-refractivity contribution in [1.29, 1.82) is 0 Å². The predicted molar refractivity (Wildman–Crippen MR) is 133 cm³/mol. The van der Waals surface area contributed by atoms with Crippen LogP contribution in [0.5, 0.6) is 5.75 Å². The van der Waals surface area contributed by atoms with Crippen LogP contribution in [0.15, 0.2) is 41.0 Å². The molecule has 1 aliphatic heterocycles. The maximum absolute atomic E-state index is 12.3. The van der Waals surface area contributed by atoms with Crippen LogP contribution in [0.2, 0.25) is 5.02 Å². The van der Waals surface area contributed by atoms with Crippen LogP contribution in [0, 0.1) is 17.3 Å². The molecule has 166 valence electrons. The normalized spacial score (nSPS) is 14.2. The minimum atomic E-state index is -0.690. The van der Waals surface area contributed by atoms with Gasteiger partial charge in [-0.25, -0.2) is 14.6 Å². The Kier molecular flexibility index (Phi) is 8.05. The summed E-state index contributed by atoms with van der Waals surface area (Å²) in [6.07, 6.45) is 1.53. The zero-order valence-electron chi connectivity index (χ0n) is 16.3. The Bertz CT molecular complexity index is 1160. The molecule has 0 N–H and O–H groups in total. The van der Waals surface area contributed by atoms with Crippen molar-refractivity contribution >= 4 is 86.4 Å². The van der Waals surface area contributed by atoms with E-state index in [4.69, 9.17) is 25.8 Å². The number of esters is 2. The van der Waals surface area contributed by atoms with Crippen LogP contribution in [0.4, 0.5) is 5.69 Å². The topological polar surface area (TPSA) is 117 Å². The lowest BCUT2D eigenvalue weighted by Crippen LogP contribution is -2.15. The lowest BCUT2D eigenvalue weighted by molar-refractivity contribution is -0.384. The number of nitrogens with zero attached hydrogens (tertiary/aromatic N) is 2. The van der Waals surface area contributed by atoms with Gasteiger partial charge < -0.3 is 14.2 Å². The van der Waals surface area contributed by atoms with Crippen molar-refractivity contribution in [2.45, 2.75) is 6.92 Å². The zero-order chi connectivity index (χ0) is 23.4. The zero-order valence-corrected chi connectivity index (χ0v) is 21.3. The standard InChI is InChI=1S/C20H13ClI2N2O7/c1-2-30-17(26)9-31-18-13(22)5-10(6-14(18)23)7-15-20(27)32-19(24-15)11-3-4-12(21)16(8-11)25(28)29/h3-8H,2,9H2,1H3/b15-7-. The fraction of sp³-hybridized carbons (Fsp3) is 0.150. The van der Waals surface area contributed by atoms with Crippen molar-refractivity contribution in [3.05, 3.63) is 69.4 Å². The summed E-state index contributed by atoms with van der Waals surface area (Å²) in [5.41, 5.74) is 0.623. The molecule has 0 aliphatic carbocycles. The van der Waals surface area contributed by atoms with E-state index in [1.54, 1.807) is 19.1 Å². The molecule has 2 aromatic carbocycles. The van der Waals surface area contributed by atoms with Crippen LogP contribution in [0.1, 0.15) is 18.1 Å². The van der Waals surface area contributed by atoms with E-state index in [0.29, 0.717) is 11.3 Å². The number of ether oxygens (including phenoxy) is 3. The summed E-state index contributed by atoms with van der Waals surface area (Å²) in [7, 11) is 0. The summed E-state index contributed by atoms with van der Waals surface area (Å²) in [6, 6.07) is 7.52. The number of carbonyl (C=O) groups excluding carboxylic acids is 2. The molecule has 9 nitrogen and oxygen atoms in total. The minimum Gasteiger partial charge on any atom is -0.480 e. The Morgan fingerprint density at radius 1 is 1.28 bits per heavy atom. The van der Waals surface area contributed by atoms with E-state index in [2.05, 4.69) is 50.2 Å². The van der Waals surface area contributed by atoms with Crippen molar-refractivity contribution in [3.63, 3.8) is 0 Å². The molecule has 0 atom stereocenters. The molecular weight excluding hydrogens is 669 g/mol. The highest BCUT2D eigenvalue weighted by molar-refractivity contribution is 14.1. The van der Waals surface area contributed by atoms with Gasteiger partial charge in [-0.2, -0.15) is 0 Å². The van der Waals surface area contributed by atoms with E-state index < -0.39 is 16.9 Å². The third-order valence-electron chi connectivity index (χ3n) is 3.97. The third kappa shape index (κ3) is 5.75. The van der Waals surface area contributed by atoms with Crippen molar-refractivity contribution in [2.24, 2.45) is 4.99 Å². The van der Waals surface area contributed by atoms with Crippen molar-refractivity contribution in [1.82, 2.24) is 0 Å². The number of hydrogen-bond acceptors (Lipinski definition) is 8. The maximum atomic E-state index is 12.3. The van der Waals surface area contributed by atoms with E-state index in [1.807, 2.05) is 0 Å². The van der Waals surface area contributed by atoms with E-state index in [-0.39, 0.29) is 41.1 Å². The SMILES string of the molecule is CCOC(=O)COc1c(I)cc(/C=C2\N=C(c3ccc(Cl)c([N+](=O)[O-])c3)OC2=O)cc1I. The first-order chi connectivity index (χ1) is 15.2. The highest BCUT2D eigenvalue weighted by atomic mass is 127. The number of nitro groups is 1. The summed E-state index contributed by atoms with van der Waals surface area (Å²) in [4.78, 5) is 38.4. The molecule has 1 aliphatic rings. The molecule has 1 heterocycles. The summed E-state index contributed by atoms with van der Waals surface area (Å²) in [6.45, 7) is 1.77. The van der Waals surface area contributed by atoms with Crippen LogP contribution in [-0.2, 0) is 19.1 Å². The Hall–Kier alpha value is -2.26. The van der Waals surface area contributed by atoms with Gasteiger partial charge >= 0.3 is 11.9 Å². The summed E-state index contributed by atoms with van der Waals surface area (Å²) < 4.78 is 17.0. The molecule has 2 aromatic rings. The third-order valence-corrected chi connectivity index (χ3v) is 5.90. The molecule has 0 unspecified atom stereocenters. The first-order valence-electron chi connectivity index (χ1n) is 8.94. The fourth-order valence-electron chi connectivity index (χ4n) is 2.61. The number of hydrogen-bond donors (Lipinski definition) is 0. The van der Waals surface area contributed by atoms with E-state index in [0.717, 1.165) is 7.14 Å². The van der Waals surface area contributed by atoms with Crippen LogP contribution >= 0.6 is 56.8 Å². The largest absolute Gasteiger partial charge is 0.480 e. The summed E-state index contributed by atoms with van der Waals surface area (Å²) >= 11 is 9.94. The van der Waals surface area contributed by atoms with Gasteiger partial charge in [0.25, 0.3) is 5.69 Å². The van der Waals surface area contributed by atoms with Crippen LogP contribution in [-0.4, -0.2) is 36.0 Å². The molecule has 3 rings (SSSR count). The molecule has 32 heavy (non-hydrogen) atoms. The Labute approximate surface area is 214 Å². The number of rotatable bonds is 7. The fourth-order valence-corrected chi connectivity index (χ4v) is 4.92. The van der Waals surface area contributed by atoms with Gasteiger partial charge in [-0.15, -0.1) is 0 Å². The van der Waals surface area contributed by atoms with Crippen molar-refractivity contribution < 1.29 is 28.7 Å². The second-order valence-corrected chi connectivity index (χ2v) is 8.90. The highest BCUT2D eigenvalue weighted by Gasteiger charge is 2.26. The number of carbonyl (C=O) groups is 2. The quantitative estimate of drug-likeness (QED) is 0.136. The second-order valence-electron chi connectivity index (χ2n) is 6.17. The number of cyclic esters (lactones) is 1. The molecule has 0 bridgehead atoms. The first kappa shape index (κ1) is 24.4. The smallest absolute Gasteiger partial charge is 0.363 e. The molecule has 0 radical (unpaired) electrons. The molecule has 0 aromatic heterocycles. The van der Waals surface area contributed by atoms with Crippen LogP contribution < -0.4 is 4.74 Å². The van der Waals surface area contributed by atoms with Crippen molar-refractivity contribution in [3.8, 4) is 5.75 Å². The van der Waals surface area contributed by atoms with Gasteiger partial charge in [-0.3, -0.25) is 10.1 Å². The van der Waals surface area contributed by atoms with Gasteiger partial charge in [0, 0.05) is 11.6 Å². The Morgan fingerprint density at radius 2 is 1.97 bits per heavy atom. The monoisotopic (exact) mass is 682 g/mol. The molecule has 0 saturated carbocycles. The molecule has 0 spiro atoms. The van der Waals surface area contributed by atoms with E-state index >= 15 is 0 Å². The number of halogens is 3. The van der Waals surface area contributed by atoms with Gasteiger partial charge in [0.1, 0.15) is 10.8 Å². The minimum absolute atomic E-state index is 0.0318. The average molecular weight is 683 g/mol. The number of nitro benzene ring substituents is 1. The van der Waals surface area contributed by atoms with Crippen LogP contribution in [0.25, 0.3) is 6.08 Å².